The Morgan fingerprint density at radius 3 is 2.83 bits per heavy atom. The van der Waals surface area contributed by atoms with E-state index in [0.29, 0.717) is 18.6 Å². The first-order chi connectivity index (χ1) is 11.6. The van der Waals surface area contributed by atoms with Crippen molar-refractivity contribution in [2.45, 2.75) is 65.2 Å². The molecule has 1 amide bonds. The zero-order valence-electron chi connectivity index (χ0n) is 15.5. The van der Waals surface area contributed by atoms with Crippen molar-refractivity contribution in [2.24, 2.45) is 5.92 Å². The molecule has 24 heavy (non-hydrogen) atoms. The quantitative estimate of drug-likeness (QED) is 0.756. The number of nitrogens with zero attached hydrogens (tertiary/aromatic N) is 1. The van der Waals surface area contributed by atoms with Crippen LogP contribution in [0.1, 0.15) is 52.0 Å². The molecule has 1 aromatic rings. The number of methoxy groups -OCH3 is 1. The average molecular weight is 333 g/mol. The number of benzene rings is 1. The summed E-state index contributed by atoms with van der Waals surface area (Å²) in [5, 5.41) is 0. The van der Waals surface area contributed by atoms with E-state index >= 15 is 0 Å². The Balaban J connectivity index is 1.94. The Kier molecular flexibility index (Phi) is 7.10. The largest absolute Gasteiger partial charge is 0.497 e. The topological polar surface area (TPSA) is 38.8 Å². The average Bonchev–Trinajstić information content (AvgIpc) is 2.64. The Morgan fingerprint density at radius 1 is 1.33 bits per heavy atom. The van der Waals surface area contributed by atoms with E-state index in [1.807, 2.05) is 31.2 Å². The number of rotatable bonds is 7. The van der Waals surface area contributed by atoms with Gasteiger partial charge in [-0.25, -0.2) is 0 Å². The number of piperidine rings is 1. The molecule has 2 rings (SSSR count). The van der Waals surface area contributed by atoms with Crippen LogP contribution in [-0.4, -0.2) is 36.6 Å². The summed E-state index contributed by atoms with van der Waals surface area (Å²) >= 11 is 0. The van der Waals surface area contributed by atoms with E-state index in [1.165, 1.54) is 6.42 Å². The van der Waals surface area contributed by atoms with E-state index in [2.05, 4.69) is 18.7 Å². The lowest BCUT2D eigenvalue weighted by molar-refractivity contribution is -0.148. The third-order valence-corrected chi connectivity index (χ3v) is 5.12. The predicted molar refractivity (Wildman–Crippen MR) is 96.1 cm³/mol. The Morgan fingerprint density at radius 2 is 2.12 bits per heavy atom. The summed E-state index contributed by atoms with van der Waals surface area (Å²) < 4.78 is 11.1. The molecule has 1 aromatic carbocycles. The molecule has 0 unspecified atom stereocenters. The zero-order valence-corrected chi connectivity index (χ0v) is 15.5. The fourth-order valence-electron chi connectivity index (χ4n) is 3.38. The van der Waals surface area contributed by atoms with Crippen LogP contribution in [-0.2, 0) is 16.1 Å². The molecule has 0 bridgehead atoms. The van der Waals surface area contributed by atoms with E-state index in [9.17, 15) is 4.79 Å². The second-order valence-corrected chi connectivity index (χ2v) is 6.79. The zero-order chi connectivity index (χ0) is 17.5. The maximum atomic E-state index is 12.8. The highest BCUT2D eigenvalue weighted by molar-refractivity contribution is 5.81. The maximum absolute atomic E-state index is 12.8. The lowest BCUT2D eigenvalue weighted by Gasteiger charge is -2.40. The Bertz CT molecular complexity index is 531. The summed E-state index contributed by atoms with van der Waals surface area (Å²) in [7, 11) is 1.65. The standard InChI is InChI=1S/C20H31NO3/c1-5-15(2)19-11-6-7-12-21(19)20(22)16(3)24-14-17-9-8-10-18(13-17)23-4/h8-10,13,15-16,19H,5-7,11-12,14H2,1-4H3/t15-,16-,19+/m0/s1. The molecule has 1 saturated heterocycles. The summed E-state index contributed by atoms with van der Waals surface area (Å²) in [4.78, 5) is 14.9. The Labute approximate surface area is 146 Å². The highest BCUT2D eigenvalue weighted by Crippen LogP contribution is 2.26. The van der Waals surface area contributed by atoms with Crippen molar-refractivity contribution in [3.8, 4) is 5.75 Å². The van der Waals surface area contributed by atoms with Gasteiger partial charge in [-0.15, -0.1) is 0 Å². The van der Waals surface area contributed by atoms with Crippen LogP contribution in [0.15, 0.2) is 24.3 Å². The van der Waals surface area contributed by atoms with Gasteiger partial charge in [-0.3, -0.25) is 4.79 Å². The molecule has 1 fully saturated rings. The molecule has 0 saturated carbocycles. The molecule has 0 aromatic heterocycles. The summed E-state index contributed by atoms with van der Waals surface area (Å²) in [5.74, 6) is 1.48. The smallest absolute Gasteiger partial charge is 0.251 e. The normalized spacial score (nSPS) is 20.5. The summed E-state index contributed by atoms with van der Waals surface area (Å²) in [5.41, 5.74) is 1.02. The molecular weight excluding hydrogens is 302 g/mol. The fraction of sp³-hybridized carbons (Fsp3) is 0.650. The maximum Gasteiger partial charge on any atom is 0.251 e. The van der Waals surface area contributed by atoms with Gasteiger partial charge >= 0.3 is 0 Å². The minimum Gasteiger partial charge on any atom is -0.497 e. The molecular formula is C20H31NO3. The van der Waals surface area contributed by atoms with E-state index in [-0.39, 0.29) is 5.91 Å². The monoisotopic (exact) mass is 333 g/mol. The van der Waals surface area contributed by atoms with E-state index in [1.54, 1.807) is 7.11 Å². The van der Waals surface area contributed by atoms with Crippen LogP contribution in [0.2, 0.25) is 0 Å². The van der Waals surface area contributed by atoms with Gasteiger partial charge in [0.25, 0.3) is 5.91 Å². The van der Waals surface area contributed by atoms with Crippen molar-refractivity contribution in [3.05, 3.63) is 29.8 Å². The molecule has 0 radical (unpaired) electrons. The summed E-state index contributed by atoms with van der Waals surface area (Å²) in [6.45, 7) is 7.60. The van der Waals surface area contributed by atoms with Crippen LogP contribution >= 0.6 is 0 Å². The third-order valence-electron chi connectivity index (χ3n) is 5.12. The molecule has 1 aliphatic rings. The second kappa shape index (κ2) is 9.07. The van der Waals surface area contributed by atoms with Gasteiger partial charge in [0.15, 0.2) is 0 Å². The second-order valence-electron chi connectivity index (χ2n) is 6.79. The van der Waals surface area contributed by atoms with Crippen molar-refractivity contribution in [3.63, 3.8) is 0 Å². The van der Waals surface area contributed by atoms with Gasteiger partial charge in [-0.05, 0) is 49.8 Å². The highest BCUT2D eigenvalue weighted by Gasteiger charge is 2.32. The van der Waals surface area contributed by atoms with Crippen LogP contribution in [0.3, 0.4) is 0 Å². The first-order valence-corrected chi connectivity index (χ1v) is 9.11. The first kappa shape index (κ1) is 18.8. The van der Waals surface area contributed by atoms with Gasteiger partial charge in [0.1, 0.15) is 11.9 Å². The number of carbonyl (C=O) groups is 1. The fourth-order valence-corrected chi connectivity index (χ4v) is 3.38. The van der Waals surface area contributed by atoms with Crippen LogP contribution in [0.4, 0.5) is 0 Å². The predicted octanol–water partition coefficient (Wildman–Crippen LogP) is 4.03. The van der Waals surface area contributed by atoms with Gasteiger partial charge in [-0.1, -0.05) is 32.4 Å². The van der Waals surface area contributed by atoms with Gasteiger partial charge in [0.2, 0.25) is 0 Å². The van der Waals surface area contributed by atoms with Crippen LogP contribution in [0.25, 0.3) is 0 Å². The number of hydrogen-bond acceptors (Lipinski definition) is 3. The molecule has 1 aliphatic heterocycles. The summed E-state index contributed by atoms with van der Waals surface area (Å²) in [6.07, 6.45) is 4.12. The number of likely N-dealkylation sites (tertiary alicyclic amines) is 1. The van der Waals surface area contributed by atoms with E-state index in [0.717, 1.165) is 37.1 Å². The van der Waals surface area contributed by atoms with Crippen LogP contribution < -0.4 is 4.74 Å². The van der Waals surface area contributed by atoms with E-state index in [4.69, 9.17) is 9.47 Å². The van der Waals surface area contributed by atoms with Crippen molar-refractivity contribution >= 4 is 5.91 Å². The third kappa shape index (κ3) is 4.73. The van der Waals surface area contributed by atoms with Crippen molar-refractivity contribution in [1.82, 2.24) is 4.90 Å². The Hall–Kier alpha value is -1.55. The van der Waals surface area contributed by atoms with Crippen molar-refractivity contribution < 1.29 is 14.3 Å². The van der Waals surface area contributed by atoms with Crippen molar-refractivity contribution in [1.29, 1.82) is 0 Å². The SMILES string of the molecule is CC[C@H](C)[C@H]1CCCCN1C(=O)[C@H](C)OCc1cccc(OC)c1. The lowest BCUT2D eigenvalue weighted by atomic mass is 9.89. The molecule has 134 valence electrons. The molecule has 4 nitrogen and oxygen atoms in total. The molecule has 0 aliphatic carbocycles. The molecule has 1 heterocycles. The molecule has 0 N–H and O–H groups in total. The lowest BCUT2D eigenvalue weighted by Crippen LogP contribution is -2.50. The summed E-state index contributed by atoms with van der Waals surface area (Å²) in [6, 6.07) is 8.14. The van der Waals surface area contributed by atoms with E-state index < -0.39 is 6.10 Å². The number of amides is 1. The molecule has 0 spiro atoms. The van der Waals surface area contributed by atoms with Crippen LogP contribution in [0, 0.1) is 5.92 Å². The van der Waals surface area contributed by atoms with Gasteiger partial charge < -0.3 is 14.4 Å². The van der Waals surface area contributed by atoms with Crippen LogP contribution in [0.5, 0.6) is 5.75 Å². The van der Waals surface area contributed by atoms with Gasteiger partial charge in [0, 0.05) is 12.6 Å². The molecule has 4 heteroatoms. The minimum absolute atomic E-state index is 0.128. The minimum atomic E-state index is -0.416. The number of carbonyl (C=O) groups excluding carboxylic acids is 1. The van der Waals surface area contributed by atoms with Gasteiger partial charge in [0.05, 0.1) is 13.7 Å². The number of hydrogen-bond donors (Lipinski definition) is 0. The van der Waals surface area contributed by atoms with Crippen molar-refractivity contribution in [2.75, 3.05) is 13.7 Å². The van der Waals surface area contributed by atoms with Gasteiger partial charge in [-0.2, -0.15) is 0 Å². The number of ether oxygens (including phenoxy) is 2. The highest BCUT2D eigenvalue weighted by atomic mass is 16.5. The molecule has 3 atom stereocenters. The first-order valence-electron chi connectivity index (χ1n) is 9.11.